The van der Waals surface area contributed by atoms with Gasteiger partial charge in [0.25, 0.3) is 0 Å². The van der Waals surface area contributed by atoms with Gasteiger partial charge in [0.05, 0.1) is 11.1 Å². The zero-order valence-corrected chi connectivity index (χ0v) is 14.7. The SMILES string of the molecule is CC(C)(C)OC(=O)N1CCC(C=O)(c2cccc(Br)n2)CC1. The molecule has 0 saturated carbocycles. The molecular weight excluding hydrogens is 348 g/mol. The molecule has 0 atom stereocenters. The first-order valence-electron chi connectivity index (χ1n) is 7.33. The summed E-state index contributed by atoms with van der Waals surface area (Å²) in [5.74, 6) is 0. The minimum atomic E-state index is -0.623. The number of carbonyl (C=O) groups is 2. The fraction of sp³-hybridized carbons (Fsp3) is 0.562. The number of hydrogen-bond acceptors (Lipinski definition) is 4. The highest BCUT2D eigenvalue weighted by atomic mass is 79.9. The Kier molecular flexibility index (Phi) is 4.90. The van der Waals surface area contributed by atoms with Crippen LogP contribution >= 0.6 is 15.9 Å². The van der Waals surface area contributed by atoms with Crippen LogP contribution < -0.4 is 0 Å². The maximum Gasteiger partial charge on any atom is 0.410 e. The van der Waals surface area contributed by atoms with Gasteiger partial charge in [0.1, 0.15) is 16.5 Å². The second kappa shape index (κ2) is 6.36. The summed E-state index contributed by atoms with van der Waals surface area (Å²) in [6.07, 6.45) is 1.75. The van der Waals surface area contributed by atoms with Crippen molar-refractivity contribution in [1.29, 1.82) is 0 Å². The highest BCUT2D eigenvalue weighted by Crippen LogP contribution is 2.33. The maximum absolute atomic E-state index is 12.1. The van der Waals surface area contributed by atoms with E-state index in [1.165, 1.54) is 0 Å². The van der Waals surface area contributed by atoms with Crippen LogP contribution in [0.1, 0.15) is 39.3 Å². The van der Waals surface area contributed by atoms with Crippen LogP contribution in [0.3, 0.4) is 0 Å². The summed E-state index contributed by atoms with van der Waals surface area (Å²) in [4.78, 5) is 29.9. The van der Waals surface area contributed by atoms with E-state index in [2.05, 4.69) is 20.9 Å². The molecular formula is C16H21BrN2O3. The van der Waals surface area contributed by atoms with Gasteiger partial charge in [0.15, 0.2) is 0 Å². The quantitative estimate of drug-likeness (QED) is 0.593. The highest BCUT2D eigenvalue weighted by molar-refractivity contribution is 9.10. The van der Waals surface area contributed by atoms with Gasteiger partial charge in [-0.2, -0.15) is 0 Å². The van der Waals surface area contributed by atoms with Gasteiger partial charge in [-0.25, -0.2) is 9.78 Å². The second-order valence-electron chi connectivity index (χ2n) is 6.59. The number of carbonyl (C=O) groups excluding carboxylic acids is 2. The Labute approximate surface area is 139 Å². The molecule has 1 aliphatic heterocycles. The van der Waals surface area contributed by atoms with Crippen molar-refractivity contribution in [3.8, 4) is 0 Å². The number of ether oxygens (including phenoxy) is 1. The van der Waals surface area contributed by atoms with E-state index < -0.39 is 11.0 Å². The lowest BCUT2D eigenvalue weighted by Crippen LogP contribution is -2.47. The van der Waals surface area contributed by atoms with Gasteiger partial charge in [-0.3, -0.25) is 0 Å². The monoisotopic (exact) mass is 368 g/mol. The van der Waals surface area contributed by atoms with Gasteiger partial charge in [-0.1, -0.05) is 6.07 Å². The third-order valence-electron chi connectivity index (χ3n) is 3.76. The van der Waals surface area contributed by atoms with Gasteiger partial charge in [0.2, 0.25) is 0 Å². The maximum atomic E-state index is 12.1. The van der Waals surface area contributed by atoms with E-state index in [0.29, 0.717) is 30.5 Å². The number of amides is 1. The largest absolute Gasteiger partial charge is 0.444 e. The molecule has 0 spiro atoms. The zero-order valence-electron chi connectivity index (χ0n) is 13.1. The van der Waals surface area contributed by atoms with Crippen molar-refractivity contribution in [3.05, 3.63) is 28.5 Å². The van der Waals surface area contributed by atoms with Crippen molar-refractivity contribution in [3.63, 3.8) is 0 Å². The average Bonchev–Trinajstić information content (AvgIpc) is 2.45. The number of halogens is 1. The smallest absolute Gasteiger partial charge is 0.410 e. The van der Waals surface area contributed by atoms with E-state index in [1.807, 2.05) is 39.0 Å². The average molecular weight is 369 g/mol. The first-order chi connectivity index (χ1) is 10.3. The Hall–Kier alpha value is -1.43. The van der Waals surface area contributed by atoms with Gasteiger partial charge in [0, 0.05) is 13.1 Å². The van der Waals surface area contributed by atoms with Gasteiger partial charge >= 0.3 is 6.09 Å². The molecule has 22 heavy (non-hydrogen) atoms. The Bertz CT molecular complexity index is 561. The lowest BCUT2D eigenvalue weighted by Gasteiger charge is -2.38. The number of aromatic nitrogens is 1. The van der Waals surface area contributed by atoms with Crippen molar-refractivity contribution in [1.82, 2.24) is 9.88 Å². The molecule has 120 valence electrons. The standard InChI is InChI=1S/C16H21BrN2O3/c1-15(2,3)22-14(21)19-9-7-16(11-20,8-10-19)12-5-4-6-13(17)18-12/h4-6,11H,7-10H2,1-3H3. The lowest BCUT2D eigenvalue weighted by atomic mass is 9.77. The van der Waals surface area contributed by atoms with Gasteiger partial charge in [-0.05, 0) is 61.7 Å². The third-order valence-corrected chi connectivity index (χ3v) is 4.20. The van der Waals surface area contributed by atoms with Crippen LogP contribution in [-0.2, 0) is 14.9 Å². The fourth-order valence-corrected chi connectivity index (χ4v) is 2.88. The van der Waals surface area contributed by atoms with Crippen LogP contribution in [-0.4, -0.2) is 41.0 Å². The van der Waals surface area contributed by atoms with Crippen molar-refractivity contribution < 1.29 is 14.3 Å². The number of piperidine rings is 1. The van der Waals surface area contributed by atoms with Crippen molar-refractivity contribution in [2.75, 3.05) is 13.1 Å². The van der Waals surface area contributed by atoms with Crippen molar-refractivity contribution in [2.24, 2.45) is 0 Å². The normalized spacial score (nSPS) is 17.9. The molecule has 0 bridgehead atoms. The first-order valence-corrected chi connectivity index (χ1v) is 8.12. The summed E-state index contributed by atoms with van der Waals surface area (Å²) in [7, 11) is 0. The van der Waals surface area contributed by atoms with Crippen LogP contribution in [0.25, 0.3) is 0 Å². The van der Waals surface area contributed by atoms with Gasteiger partial charge in [-0.15, -0.1) is 0 Å². The molecule has 0 radical (unpaired) electrons. The molecule has 1 aliphatic rings. The number of rotatable bonds is 2. The van der Waals surface area contributed by atoms with E-state index in [9.17, 15) is 9.59 Å². The van der Waals surface area contributed by atoms with E-state index >= 15 is 0 Å². The predicted molar refractivity (Wildman–Crippen MR) is 86.7 cm³/mol. The Morgan fingerprint density at radius 1 is 1.36 bits per heavy atom. The molecule has 1 aromatic rings. The van der Waals surface area contributed by atoms with E-state index in [-0.39, 0.29) is 6.09 Å². The van der Waals surface area contributed by atoms with Crippen LogP contribution in [0.4, 0.5) is 4.79 Å². The predicted octanol–water partition coefficient (Wildman–Crippen LogP) is 3.31. The molecule has 1 fully saturated rings. The van der Waals surface area contributed by atoms with Crippen molar-refractivity contribution in [2.45, 2.75) is 44.6 Å². The van der Waals surface area contributed by atoms with Crippen LogP contribution in [0.2, 0.25) is 0 Å². The number of hydrogen-bond donors (Lipinski definition) is 0. The molecule has 1 amide bonds. The Morgan fingerprint density at radius 2 is 2.00 bits per heavy atom. The fourth-order valence-electron chi connectivity index (χ4n) is 2.53. The minimum Gasteiger partial charge on any atom is -0.444 e. The van der Waals surface area contributed by atoms with Crippen LogP contribution in [0, 0.1) is 0 Å². The topological polar surface area (TPSA) is 59.5 Å². The number of likely N-dealkylation sites (tertiary alicyclic amines) is 1. The van der Waals surface area contributed by atoms with E-state index in [1.54, 1.807) is 4.90 Å². The summed E-state index contributed by atoms with van der Waals surface area (Å²) in [6, 6.07) is 5.57. The van der Waals surface area contributed by atoms with E-state index in [4.69, 9.17) is 4.74 Å². The molecule has 0 unspecified atom stereocenters. The second-order valence-corrected chi connectivity index (χ2v) is 7.40. The number of nitrogens with zero attached hydrogens (tertiary/aromatic N) is 2. The Balaban J connectivity index is 2.09. The molecule has 1 saturated heterocycles. The van der Waals surface area contributed by atoms with Crippen LogP contribution in [0.5, 0.6) is 0 Å². The van der Waals surface area contributed by atoms with Crippen molar-refractivity contribution >= 4 is 28.3 Å². The Morgan fingerprint density at radius 3 is 2.50 bits per heavy atom. The summed E-state index contributed by atoms with van der Waals surface area (Å²) in [5.41, 5.74) is -0.384. The minimum absolute atomic E-state index is 0.325. The number of aldehydes is 1. The first kappa shape index (κ1) is 16.9. The molecule has 1 aromatic heterocycles. The molecule has 0 aliphatic carbocycles. The zero-order chi connectivity index (χ0) is 16.4. The summed E-state index contributed by atoms with van der Waals surface area (Å²) in [6.45, 7) is 6.51. The lowest BCUT2D eigenvalue weighted by molar-refractivity contribution is -0.114. The molecule has 2 heterocycles. The summed E-state index contributed by atoms with van der Waals surface area (Å²) in [5, 5.41) is 0. The molecule has 5 nitrogen and oxygen atoms in total. The molecule has 2 rings (SSSR count). The van der Waals surface area contributed by atoms with Crippen LogP contribution in [0.15, 0.2) is 22.8 Å². The van der Waals surface area contributed by atoms with E-state index in [0.717, 1.165) is 12.0 Å². The highest BCUT2D eigenvalue weighted by Gasteiger charge is 2.39. The van der Waals surface area contributed by atoms with Gasteiger partial charge < -0.3 is 14.4 Å². The summed E-state index contributed by atoms with van der Waals surface area (Å²) < 4.78 is 6.09. The summed E-state index contributed by atoms with van der Waals surface area (Å²) >= 11 is 3.34. The number of pyridine rings is 1. The molecule has 0 N–H and O–H groups in total. The molecule has 0 aromatic carbocycles. The third kappa shape index (κ3) is 3.85. The molecule has 6 heteroatoms.